The van der Waals surface area contributed by atoms with Gasteiger partial charge in [-0.05, 0) is 26.7 Å². The molecular formula is C15H23N3O2S. The van der Waals surface area contributed by atoms with E-state index in [1.807, 2.05) is 11.8 Å². The molecule has 2 aliphatic heterocycles. The van der Waals surface area contributed by atoms with Crippen LogP contribution in [0.3, 0.4) is 0 Å². The number of likely N-dealkylation sites (tertiary alicyclic amines) is 1. The van der Waals surface area contributed by atoms with Gasteiger partial charge in [0.1, 0.15) is 6.10 Å². The van der Waals surface area contributed by atoms with Crippen LogP contribution >= 0.6 is 11.3 Å². The van der Waals surface area contributed by atoms with Crippen molar-refractivity contribution in [2.45, 2.75) is 39.3 Å². The van der Waals surface area contributed by atoms with Crippen LogP contribution < -0.4 is 0 Å². The summed E-state index contributed by atoms with van der Waals surface area (Å²) in [5.41, 5.74) is 1.12. The largest absolute Gasteiger partial charge is 0.366 e. The van der Waals surface area contributed by atoms with Gasteiger partial charge in [-0.3, -0.25) is 9.69 Å². The van der Waals surface area contributed by atoms with E-state index in [2.05, 4.69) is 16.8 Å². The molecule has 0 radical (unpaired) electrons. The van der Waals surface area contributed by atoms with E-state index < -0.39 is 0 Å². The first-order chi connectivity index (χ1) is 10.1. The van der Waals surface area contributed by atoms with E-state index in [-0.39, 0.29) is 12.0 Å². The number of aryl methyl sites for hydroxylation is 2. The molecule has 3 heterocycles. The summed E-state index contributed by atoms with van der Waals surface area (Å²) in [5, 5.41) is 1.11. The van der Waals surface area contributed by atoms with E-state index >= 15 is 0 Å². The molecule has 2 saturated heterocycles. The van der Waals surface area contributed by atoms with Gasteiger partial charge >= 0.3 is 0 Å². The number of aromatic nitrogens is 1. The lowest BCUT2D eigenvalue weighted by molar-refractivity contribution is -0.148. The van der Waals surface area contributed by atoms with Crippen LogP contribution in [0.2, 0.25) is 0 Å². The number of amides is 1. The Balaban J connectivity index is 1.60. The molecule has 2 aliphatic rings. The SMILES string of the molecule is Cc1nc(C)c(CN2CCOC(C(=O)N3CCCC3)C2)s1. The molecule has 21 heavy (non-hydrogen) atoms. The summed E-state index contributed by atoms with van der Waals surface area (Å²) in [5.74, 6) is 0.175. The van der Waals surface area contributed by atoms with Gasteiger partial charge in [0.15, 0.2) is 0 Å². The zero-order valence-electron chi connectivity index (χ0n) is 12.8. The summed E-state index contributed by atoms with van der Waals surface area (Å²) in [6.45, 7) is 9.00. The van der Waals surface area contributed by atoms with Crippen LogP contribution in [-0.2, 0) is 16.1 Å². The molecule has 1 aromatic heterocycles. The average Bonchev–Trinajstić information content (AvgIpc) is 3.09. The van der Waals surface area contributed by atoms with Gasteiger partial charge in [-0.2, -0.15) is 0 Å². The van der Waals surface area contributed by atoms with Crippen molar-refractivity contribution in [3.05, 3.63) is 15.6 Å². The molecular weight excluding hydrogens is 286 g/mol. The number of morpholine rings is 1. The molecule has 1 aromatic rings. The molecule has 0 saturated carbocycles. The van der Waals surface area contributed by atoms with Gasteiger partial charge in [-0.1, -0.05) is 0 Å². The van der Waals surface area contributed by atoms with Crippen LogP contribution in [0.5, 0.6) is 0 Å². The highest BCUT2D eigenvalue weighted by Gasteiger charge is 2.31. The Morgan fingerprint density at radius 2 is 2.10 bits per heavy atom. The highest BCUT2D eigenvalue weighted by molar-refractivity contribution is 7.11. The molecule has 0 bridgehead atoms. The Labute approximate surface area is 129 Å². The van der Waals surface area contributed by atoms with Gasteiger partial charge in [0.05, 0.1) is 17.3 Å². The van der Waals surface area contributed by atoms with E-state index in [0.717, 1.165) is 49.7 Å². The fourth-order valence-corrected chi connectivity index (χ4v) is 4.04. The quantitative estimate of drug-likeness (QED) is 0.850. The first kappa shape index (κ1) is 14.9. The first-order valence-corrected chi connectivity index (χ1v) is 8.51. The van der Waals surface area contributed by atoms with Crippen LogP contribution in [0.4, 0.5) is 0 Å². The predicted octanol–water partition coefficient (Wildman–Crippen LogP) is 1.58. The van der Waals surface area contributed by atoms with Crippen molar-refractivity contribution in [2.24, 2.45) is 0 Å². The van der Waals surface area contributed by atoms with Crippen molar-refractivity contribution in [1.29, 1.82) is 0 Å². The highest BCUT2D eigenvalue weighted by Crippen LogP contribution is 2.21. The van der Waals surface area contributed by atoms with E-state index in [4.69, 9.17) is 4.74 Å². The number of rotatable bonds is 3. The summed E-state index contributed by atoms with van der Waals surface area (Å²) < 4.78 is 5.71. The Morgan fingerprint density at radius 3 is 2.76 bits per heavy atom. The molecule has 1 amide bonds. The normalized spacial score (nSPS) is 23.7. The van der Waals surface area contributed by atoms with Crippen LogP contribution in [0, 0.1) is 13.8 Å². The van der Waals surface area contributed by atoms with Gasteiger partial charge < -0.3 is 9.64 Å². The third-order valence-corrected chi connectivity index (χ3v) is 5.27. The van der Waals surface area contributed by atoms with Crippen molar-refractivity contribution >= 4 is 17.2 Å². The van der Waals surface area contributed by atoms with Crippen molar-refractivity contribution in [1.82, 2.24) is 14.8 Å². The predicted molar refractivity (Wildman–Crippen MR) is 82.4 cm³/mol. The number of carbonyl (C=O) groups excluding carboxylic acids is 1. The van der Waals surface area contributed by atoms with Crippen molar-refractivity contribution < 1.29 is 9.53 Å². The lowest BCUT2D eigenvalue weighted by Gasteiger charge is -2.33. The van der Waals surface area contributed by atoms with Gasteiger partial charge in [0.2, 0.25) is 0 Å². The molecule has 6 heteroatoms. The second kappa shape index (κ2) is 6.42. The number of hydrogen-bond acceptors (Lipinski definition) is 5. The van der Waals surface area contributed by atoms with Gasteiger partial charge in [0, 0.05) is 37.6 Å². The Kier molecular flexibility index (Phi) is 4.57. The first-order valence-electron chi connectivity index (χ1n) is 7.69. The molecule has 116 valence electrons. The van der Waals surface area contributed by atoms with Crippen LogP contribution in [-0.4, -0.2) is 59.6 Å². The Hall–Kier alpha value is -0.980. The summed E-state index contributed by atoms with van der Waals surface area (Å²) >= 11 is 1.75. The van der Waals surface area contributed by atoms with E-state index in [9.17, 15) is 4.79 Å². The molecule has 0 aliphatic carbocycles. The zero-order chi connectivity index (χ0) is 14.8. The second-order valence-corrected chi connectivity index (χ2v) is 7.16. The minimum Gasteiger partial charge on any atom is -0.366 e. The Morgan fingerprint density at radius 1 is 1.33 bits per heavy atom. The number of thiazole rings is 1. The van der Waals surface area contributed by atoms with Gasteiger partial charge in [-0.15, -0.1) is 11.3 Å². The topological polar surface area (TPSA) is 45.7 Å². The zero-order valence-corrected chi connectivity index (χ0v) is 13.6. The van der Waals surface area contributed by atoms with Crippen LogP contribution in [0.1, 0.15) is 28.4 Å². The second-order valence-electron chi connectivity index (χ2n) is 5.87. The molecule has 5 nitrogen and oxygen atoms in total. The fourth-order valence-electron chi connectivity index (χ4n) is 3.06. The summed E-state index contributed by atoms with van der Waals surface area (Å²) in [7, 11) is 0. The molecule has 2 fully saturated rings. The molecule has 1 atom stereocenters. The minimum atomic E-state index is -0.286. The minimum absolute atomic E-state index is 0.175. The number of ether oxygens (including phenoxy) is 1. The Bertz CT molecular complexity index is 511. The maximum Gasteiger partial charge on any atom is 0.253 e. The summed E-state index contributed by atoms with van der Waals surface area (Å²) in [6, 6.07) is 0. The van der Waals surface area contributed by atoms with E-state index in [1.54, 1.807) is 11.3 Å². The molecule has 0 spiro atoms. The molecule has 0 N–H and O–H groups in total. The van der Waals surface area contributed by atoms with Crippen molar-refractivity contribution in [3.8, 4) is 0 Å². The van der Waals surface area contributed by atoms with Crippen LogP contribution in [0.15, 0.2) is 0 Å². The summed E-state index contributed by atoms with van der Waals surface area (Å²) in [6.07, 6.45) is 1.97. The van der Waals surface area contributed by atoms with E-state index in [1.165, 1.54) is 4.88 Å². The number of hydrogen-bond donors (Lipinski definition) is 0. The third kappa shape index (κ3) is 3.44. The monoisotopic (exact) mass is 309 g/mol. The smallest absolute Gasteiger partial charge is 0.253 e. The van der Waals surface area contributed by atoms with Crippen LogP contribution in [0.25, 0.3) is 0 Å². The highest BCUT2D eigenvalue weighted by atomic mass is 32.1. The maximum absolute atomic E-state index is 12.4. The number of nitrogens with zero attached hydrogens (tertiary/aromatic N) is 3. The fraction of sp³-hybridized carbons (Fsp3) is 0.733. The van der Waals surface area contributed by atoms with Crippen molar-refractivity contribution in [3.63, 3.8) is 0 Å². The molecule has 3 rings (SSSR count). The summed E-state index contributed by atoms with van der Waals surface area (Å²) in [4.78, 5) is 22.5. The lowest BCUT2D eigenvalue weighted by Crippen LogP contribution is -2.50. The van der Waals surface area contributed by atoms with E-state index in [0.29, 0.717) is 13.2 Å². The number of carbonyl (C=O) groups is 1. The third-order valence-electron chi connectivity index (χ3n) is 4.21. The molecule has 0 aromatic carbocycles. The molecule has 1 unspecified atom stereocenters. The standard InChI is InChI=1S/C15H23N3O2S/c1-11-14(21-12(2)16-11)10-17-7-8-20-13(9-17)15(19)18-5-3-4-6-18/h13H,3-10H2,1-2H3. The maximum atomic E-state index is 12.4. The lowest BCUT2D eigenvalue weighted by atomic mass is 10.2. The average molecular weight is 309 g/mol. The van der Waals surface area contributed by atoms with Gasteiger partial charge in [0.25, 0.3) is 5.91 Å². The van der Waals surface area contributed by atoms with Gasteiger partial charge in [-0.25, -0.2) is 4.98 Å². The van der Waals surface area contributed by atoms with Crippen molar-refractivity contribution in [2.75, 3.05) is 32.8 Å².